The third-order valence-electron chi connectivity index (χ3n) is 4.48. The molecule has 0 fully saturated rings. The van der Waals surface area contributed by atoms with Gasteiger partial charge in [0, 0.05) is 42.6 Å². The molecule has 0 spiro atoms. The highest BCUT2D eigenvalue weighted by Crippen LogP contribution is 2.33. The van der Waals surface area contributed by atoms with Crippen LogP contribution in [-0.2, 0) is 10.0 Å². The maximum atomic E-state index is 13.2. The van der Waals surface area contributed by atoms with Gasteiger partial charge >= 0.3 is 0 Å². The molecule has 0 saturated carbocycles. The molecule has 0 aliphatic carbocycles. The van der Waals surface area contributed by atoms with Crippen LogP contribution in [0.25, 0.3) is 22.0 Å². The van der Waals surface area contributed by atoms with Crippen LogP contribution in [0.15, 0.2) is 78.0 Å². The molecule has 0 atom stereocenters. The first-order valence-electron chi connectivity index (χ1n) is 8.27. The second-order valence-corrected chi connectivity index (χ2v) is 8.17. The third kappa shape index (κ3) is 2.68. The molecule has 6 heteroatoms. The van der Waals surface area contributed by atoms with Crippen molar-refractivity contribution in [3.05, 3.63) is 78.0 Å². The van der Waals surface area contributed by atoms with Gasteiger partial charge in [-0.1, -0.05) is 36.4 Å². The van der Waals surface area contributed by atoms with E-state index >= 15 is 0 Å². The summed E-state index contributed by atoms with van der Waals surface area (Å²) < 4.78 is 27.8. The lowest BCUT2D eigenvalue weighted by molar-refractivity contribution is 0.501. The number of hydrogen-bond donors (Lipinski definition) is 1. The summed E-state index contributed by atoms with van der Waals surface area (Å²) >= 11 is 0. The minimum Gasteiger partial charge on any atom is -0.399 e. The van der Waals surface area contributed by atoms with Crippen LogP contribution in [0.4, 0.5) is 5.69 Å². The lowest BCUT2D eigenvalue weighted by Crippen LogP contribution is -2.20. The normalized spacial score (nSPS) is 14.7. The molecule has 1 aliphatic heterocycles. The average molecular weight is 365 g/mol. The number of nitrogens with two attached hydrogens (primary N) is 1. The van der Waals surface area contributed by atoms with Gasteiger partial charge in [0.05, 0.1) is 5.52 Å². The first kappa shape index (κ1) is 16.5. The van der Waals surface area contributed by atoms with Crippen molar-refractivity contribution in [2.75, 3.05) is 19.3 Å². The van der Waals surface area contributed by atoms with Crippen molar-refractivity contribution < 1.29 is 8.42 Å². The fraction of sp³-hybridized carbons (Fsp3) is 0.100. The first-order chi connectivity index (χ1) is 12.5. The predicted molar refractivity (Wildman–Crippen MR) is 106 cm³/mol. The van der Waals surface area contributed by atoms with Crippen LogP contribution in [0.2, 0.25) is 0 Å². The quantitative estimate of drug-likeness (QED) is 0.722. The number of allylic oxidation sites excluding steroid dienone is 1. The standard InChI is InChI=1S/C20H19N3O2S/c1-22-12-4-5-17(13-22)26(24,25)23-14-19(15-8-10-16(21)11-9-15)18-6-2-3-7-20(18)23/h2-11,13-14H,12,21H2,1H3. The number of nitrogen functional groups attached to an aromatic ring is 1. The van der Waals surface area contributed by atoms with E-state index in [2.05, 4.69) is 0 Å². The molecule has 132 valence electrons. The zero-order chi connectivity index (χ0) is 18.3. The summed E-state index contributed by atoms with van der Waals surface area (Å²) in [5.74, 6) is 0. The van der Waals surface area contributed by atoms with Crippen LogP contribution in [0.5, 0.6) is 0 Å². The molecule has 0 amide bonds. The van der Waals surface area contributed by atoms with E-state index in [4.69, 9.17) is 5.73 Å². The zero-order valence-corrected chi connectivity index (χ0v) is 15.1. The van der Waals surface area contributed by atoms with E-state index in [1.807, 2.05) is 66.6 Å². The highest BCUT2D eigenvalue weighted by molar-refractivity contribution is 7.94. The minimum absolute atomic E-state index is 0.274. The maximum Gasteiger partial charge on any atom is 0.269 e. The minimum atomic E-state index is -3.69. The zero-order valence-electron chi connectivity index (χ0n) is 14.3. The number of hydrogen-bond acceptors (Lipinski definition) is 4. The van der Waals surface area contributed by atoms with Gasteiger partial charge in [0.25, 0.3) is 10.0 Å². The van der Waals surface area contributed by atoms with E-state index in [1.54, 1.807) is 18.5 Å². The summed E-state index contributed by atoms with van der Waals surface area (Å²) in [5.41, 5.74) is 8.89. The monoisotopic (exact) mass is 365 g/mol. The third-order valence-corrected chi connectivity index (χ3v) is 6.14. The molecule has 3 aromatic rings. The van der Waals surface area contributed by atoms with E-state index in [9.17, 15) is 8.42 Å². The van der Waals surface area contributed by atoms with Crippen LogP contribution in [0, 0.1) is 0 Å². The van der Waals surface area contributed by atoms with E-state index in [-0.39, 0.29) is 4.91 Å². The Morgan fingerprint density at radius 2 is 1.77 bits per heavy atom. The number of rotatable bonds is 3. The molecule has 5 nitrogen and oxygen atoms in total. The lowest BCUT2D eigenvalue weighted by atomic mass is 10.0. The molecular formula is C20H19N3O2S. The Kier molecular flexibility index (Phi) is 3.85. The van der Waals surface area contributed by atoms with Gasteiger partial charge in [-0.05, 0) is 29.8 Å². The highest BCUT2D eigenvalue weighted by atomic mass is 32.2. The van der Waals surface area contributed by atoms with Crippen LogP contribution in [-0.4, -0.2) is 30.9 Å². The fourth-order valence-corrected chi connectivity index (χ4v) is 4.63. The van der Waals surface area contributed by atoms with Gasteiger partial charge in [-0.15, -0.1) is 0 Å². The Hall–Kier alpha value is -2.99. The van der Waals surface area contributed by atoms with E-state index in [0.717, 1.165) is 16.5 Å². The molecule has 0 unspecified atom stereocenters. The molecule has 0 radical (unpaired) electrons. The van der Waals surface area contributed by atoms with Crippen molar-refractivity contribution in [3.8, 4) is 11.1 Å². The van der Waals surface area contributed by atoms with Crippen molar-refractivity contribution in [2.24, 2.45) is 0 Å². The second-order valence-electron chi connectivity index (χ2n) is 6.36. The van der Waals surface area contributed by atoms with Gasteiger partial charge in [-0.3, -0.25) is 0 Å². The fourth-order valence-electron chi connectivity index (χ4n) is 3.16. The van der Waals surface area contributed by atoms with Gasteiger partial charge in [-0.25, -0.2) is 12.4 Å². The van der Waals surface area contributed by atoms with E-state index in [0.29, 0.717) is 17.7 Å². The topological polar surface area (TPSA) is 68.3 Å². The van der Waals surface area contributed by atoms with Crippen molar-refractivity contribution in [2.45, 2.75) is 0 Å². The summed E-state index contributed by atoms with van der Waals surface area (Å²) in [6, 6.07) is 15.0. The van der Waals surface area contributed by atoms with E-state index < -0.39 is 10.0 Å². The van der Waals surface area contributed by atoms with Gasteiger partial charge in [0.2, 0.25) is 0 Å². The van der Waals surface area contributed by atoms with Crippen LogP contribution < -0.4 is 5.73 Å². The molecule has 2 aromatic carbocycles. The van der Waals surface area contributed by atoms with Gasteiger partial charge < -0.3 is 10.6 Å². The van der Waals surface area contributed by atoms with Gasteiger partial charge in [0.15, 0.2) is 0 Å². The number of likely N-dealkylation sites (N-methyl/N-ethyl adjacent to an activating group) is 1. The number of benzene rings is 2. The Morgan fingerprint density at radius 1 is 1.04 bits per heavy atom. The Morgan fingerprint density at radius 3 is 2.50 bits per heavy atom. The number of aromatic nitrogens is 1. The smallest absolute Gasteiger partial charge is 0.269 e. The number of anilines is 1. The molecule has 4 rings (SSSR count). The second kappa shape index (κ2) is 6.07. The van der Waals surface area contributed by atoms with Gasteiger partial charge in [0.1, 0.15) is 4.91 Å². The van der Waals surface area contributed by atoms with E-state index in [1.165, 1.54) is 3.97 Å². The van der Waals surface area contributed by atoms with Gasteiger partial charge in [-0.2, -0.15) is 0 Å². The summed E-state index contributed by atoms with van der Waals surface area (Å²) in [6.45, 7) is 0.697. The summed E-state index contributed by atoms with van der Waals surface area (Å²) in [5, 5.41) is 0.884. The van der Waals surface area contributed by atoms with Crippen molar-refractivity contribution in [1.29, 1.82) is 0 Å². The predicted octanol–water partition coefficient (Wildman–Crippen LogP) is 3.41. The Balaban J connectivity index is 1.94. The number of fused-ring (bicyclic) bond motifs is 1. The SMILES string of the molecule is CN1C=C(S(=O)(=O)n2cc(-c3ccc(N)cc3)c3ccccc32)C=CC1. The Bertz CT molecular complexity index is 1140. The van der Waals surface area contributed by atoms with Crippen LogP contribution >= 0.6 is 0 Å². The molecule has 0 bridgehead atoms. The maximum absolute atomic E-state index is 13.2. The molecule has 2 heterocycles. The van der Waals surface area contributed by atoms with Crippen LogP contribution in [0.3, 0.4) is 0 Å². The molecule has 26 heavy (non-hydrogen) atoms. The number of para-hydroxylation sites is 1. The summed E-state index contributed by atoms with van der Waals surface area (Å²) in [7, 11) is -1.84. The summed E-state index contributed by atoms with van der Waals surface area (Å²) in [4.78, 5) is 2.12. The highest BCUT2D eigenvalue weighted by Gasteiger charge is 2.24. The van der Waals surface area contributed by atoms with Crippen molar-refractivity contribution in [1.82, 2.24) is 8.87 Å². The average Bonchev–Trinajstić information content (AvgIpc) is 3.03. The molecule has 0 saturated heterocycles. The van der Waals surface area contributed by atoms with Crippen LogP contribution in [0.1, 0.15) is 0 Å². The molecule has 1 aromatic heterocycles. The molecule has 1 aliphatic rings. The first-order valence-corrected chi connectivity index (χ1v) is 9.71. The lowest BCUT2D eigenvalue weighted by Gasteiger charge is -2.18. The summed E-state index contributed by atoms with van der Waals surface area (Å²) in [6.07, 6.45) is 6.86. The van der Waals surface area contributed by atoms with Crippen molar-refractivity contribution >= 4 is 26.6 Å². The molecular weight excluding hydrogens is 346 g/mol. The molecule has 2 N–H and O–H groups in total. The largest absolute Gasteiger partial charge is 0.399 e. The Labute approximate surface area is 152 Å². The van der Waals surface area contributed by atoms with Crippen molar-refractivity contribution in [3.63, 3.8) is 0 Å². The number of nitrogens with zero attached hydrogens (tertiary/aromatic N) is 2.